The summed E-state index contributed by atoms with van der Waals surface area (Å²) in [6, 6.07) is 5.30. The quantitative estimate of drug-likeness (QED) is 0.629. The number of rotatable bonds is 3. The molecule has 0 fully saturated rings. The van der Waals surface area contributed by atoms with Crippen LogP contribution in [0.5, 0.6) is 0 Å². The molecule has 15 heavy (non-hydrogen) atoms. The molecule has 2 rings (SSSR count). The van der Waals surface area contributed by atoms with Crippen molar-refractivity contribution in [2.45, 2.75) is 0 Å². The van der Waals surface area contributed by atoms with Crippen molar-refractivity contribution in [2.24, 2.45) is 0 Å². The van der Waals surface area contributed by atoms with Gasteiger partial charge in [-0.2, -0.15) is 0 Å². The number of carbonyl (C=O) groups is 1. The summed E-state index contributed by atoms with van der Waals surface area (Å²) < 4.78 is 6.01. The molecular weight excluding hydrogens is 276 g/mol. The monoisotopic (exact) mass is 282 g/mol. The van der Waals surface area contributed by atoms with Crippen LogP contribution in [0, 0.1) is 0 Å². The van der Waals surface area contributed by atoms with Crippen molar-refractivity contribution in [2.75, 3.05) is 0 Å². The first kappa shape index (κ1) is 10.4. The van der Waals surface area contributed by atoms with Gasteiger partial charge in [0.25, 0.3) is 0 Å². The highest BCUT2D eigenvalue weighted by atomic mass is 79.9. The van der Waals surface area contributed by atoms with Crippen LogP contribution in [0.4, 0.5) is 0 Å². The van der Waals surface area contributed by atoms with Gasteiger partial charge in [-0.15, -0.1) is 11.3 Å². The predicted octanol–water partition coefficient (Wildman–Crippen LogP) is 4.00. The lowest BCUT2D eigenvalue weighted by Gasteiger charge is -1.86. The van der Waals surface area contributed by atoms with E-state index in [2.05, 4.69) is 15.9 Å². The van der Waals surface area contributed by atoms with E-state index in [0.717, 1.165) is 9.35 Å². The van der Waals surface area contributed by atoms with Gasteiger partial charge < -0.3 is 4.42 Å². The van der Waals surface area contributed by atoms with Crippen LogP contribution in [0.2, 0.25) is 0 Å². The maximum Gasteiger partial charge on any atom is 0.221 e. The van der Waals surface area contributed by atoms with Crippen molar-refractivity contribution in [3.8, 4) is 0 Å². The maximum absolute atomic E-state index is 11.5. The van der Waals surface area contributed by atoms with Gasteiger partial charge in [0, 0.05) is 14.7 Å². The largest absolute Gasteiger partial charge is 0.461 e. The highest BCUT2D eigenvalue weighted by Gasteiger charge is 2.03. The number of carbonyl (C=O) groups excluding carboxylic acids is 1. The topological polar surface area (TPSA) is 30.2 Å². The second-order valence-corrected chi connectivity index (χ2v) is 4.70. The molecule has 0 saturated carbocycles. The third kappa shape index (κ3) is 2.67. The van der Waals surface area contributed by atoms with E-state index in [-0.39, 0.29) is 5.78 Å². The van der Waals surface area contributed by atoms with Crippen LogP contribution >= 0.6 is 27.3 Å². The van der Waals surface area contributed by atoms with Crippen LogP contribution < -0.4 is 0 Å². The molecule has 2 aromatic rings. The Kier molecular flexibility index (Phi) is 3.18. The number of halogens is 1. The molecule has 0 radical (unpaired) electrons. The summed E-state index contributed by atoms with van der Waals surface area (Å²) in [5, 5.41) is 1.97. The normalized spacial score (nSPS) is 11.0. The van der Waals surface area contributed by atoms with Gasteiger partial charge in [-0.05, 0) is 46.3 Å². The van der Waals surface area contributed by atoms with Crippen molar-refractivity contribution < 1.29 is 9.21 Å². The third-order valence-electron chi connectivity index (χ3n) is 1.75. The SMILES string of the molecule is O=C(/C=C\c1cc(Br)cs1)c1ccco1. The van der Waals surface area contributed by atoms with Gasteiger partial charge in [-0.3, -0.25) is 4.79 Å². The Balaban J connectivity index is 2.09. The van der Waals surface area contributed by atoms with Crippen LogP contribution in [0.3, 0.4) is 0 Å². The number of hydrogen-bond acceptors (Lipinski definition) is 3. The van der Waals surface area contributed by atoms with E-state index in [0.29, 0.717) is 5.76 Å². The molecule has 0 aromatic carbocycles. The highest BCUT2D eigenvalue weighted by molar-refractivity contribution is 9.10. The van der Waals surface area contributed by atoms with E-state index >= 15 is 0 Å². The molecule has 0 atom stereocenters. The van der Waals surface area contributed by atoms with E-state index in [1.807, 2.05) is 11.4 Å². The summed E-state index contributed by atoms with van der Waals surface area (Å²) >= 11 is 4.92. The Morgan fingerprint density at radius 1 is 1.53 bits per heavy atom. The van der Waals surface area contributed by atoms with Crippen LogP contribution in [0.15, 0.2) is 44.8 Å². The summed E-state index contributed by atoms with van der Waals surface area (Å²) in [4.78, 5) is 12.5. The average Bonchev–Trinajstić information content (AvgIpc) is 2.84. The zero-order valence-corrected chi connectivity index (χ0v) is 10.0. The smallest absolute Gasteiger partial charge is 0.221 e. The molecular formula is C11H7BrO2S. The lowest BCUT2D eigenvalue weighted by atomic mass is 10.2. The highest BCUT2D eigenvalue weighted by Crippen LogP contribution is 2.21. The van der Waals surface area contributed by atoms with Crippen LogP contribution in [-0.4, -0.2) is 5.78 Å². The number of ketones is 1. The Morgan fingerprint density at radius 2 is 2.40 bits per heavy atom. The fourth-order valence-electron chi connectivity index (χ4n) is 1.07. The zero-order valence-electron chi connectivity index (χ0n) is 7.64. The first-order valence-electron chi connectivity index (χ1n) is 4.25. The molecule has 0 amide bonds. The van der Waals surface area contributed by atoms with Crippen molar-refractivity contribution in [1.29, 1.82) is 0 Å². The van der Waals surface area contributed by atoms with Crippen LogP contribution in [0.1, 0.15) is 15.4 Å². The van der Waals surface area contributed by atoms with Crippen LogP contribution in [0.25, 0.3) is 6.08 Å². The number of thiophene rings is 1. The predicted molar refractivity (Wildman–Crippen MR) is 64.1 cm³/mol. The molecule has 0 saturated heterocycles. The summed E-state index contributed by atoms with van der Waals surface area (Å²) in [5.74, 6) is 0.242. The third-order valence-corrected chi connectivity index (χ3v) is 3.41. The van der Waals surface area contributed by atoms with E-state index in [4.69, 9.17) is 4.42 Å². The van der Waals surface area contributed by atoms with Crippen molar-refractivity contribution >= 4 is 39.1 Å². The second-order valence-electron chi connectivity index (χ2n) is 2.84. The molecule has 0 spiro atoms. The van der Waals surface area contributed by atoms with Gasteiger partial charge in [-0.25, -0.2) is 0 Å². The lowest BCUT2D eigenvalue weighted by Crippen LogP contribution is -1.89. The number of allylic oxidation sites excluding steroid dienone is 1. The summed E-state index contributed by atoms with van der Waals surface area (Å²) in [7, 11) is 0. The first-order chi connectivity index (χ1) is 7.25. The molecule has 2 heterocycles. The van der Waals surface area contributed by atoms with Gasteiger partial charge in [0.1, 0.15) is 0 Å². The van der Waals surface area contributed by atoms with E-state index in [1.165, 1.54) is 12.3 Å². The maximum atomic E-state index is 11.5. The van der Waals surface area contributed by atoms with E-state index < -0.39 is 0 Å². The van der Waals surface area contributed by atoms with Gasteiger partial charge in [0.15, 0.2) is 5.76 Å². The number of hydrogen-bond donors (Lipinski definition) is 0. The molecule has 2 aromatic heterocycles. The van der Waals surface area contributed by atoms with Gasteiger partial charge in [0.05, 0.1) is 6.26 Å². The molecule has 0 N–H and O–H groups in total. The molecule has 76 valence electrons. The fourth-order valence-corrected chi connectivity index (χ4v) is 2.41. The van der Waals surface area contributed by atoms with Gasteiger partial charge in [-0.1, -0.05) is 0 Å². The first-order valence-corrected chi connectivity index (χ1v) is 5.93. The van der Waals surface area contributed by atoms with E-state index in [9.17, 15) is 4.79 Å². The van der Waals surface area contributed by atoms with Gasteiger partial charge in [0.2, 0.25) is 5.78 Å². The molecule has 0 unspecified atom stereocenters. The molecule has 0 aliphatic carbocycles. The van der Waals surface area contributed by atoms with Crippen molar-refractivity contribution in [3.05, 3.63) is 51.0 Å². The Labute approximate surface area is 99.4 Å². The van der Waals surface area contributed by atoms with Crippen LogP contribution in [-0.2, 0) is 0 Å². The van der Waals surface area contributed by atoms with Gasteiger partial charge >= 0.3 is 0 Å². The minimum absolute atomic E-state index is 0.121. The Hall–Kier alpha value is -1.13. The van der Waals surface area contributed by atoms with E-state index in [1.54, 1.807) is 29.5 Å². The molecule has 0 aliphatic heterocycles. The lowest BCUT2D eigenvalue weighted by molar-refractivity contribution is 0.102. The van der Waals surface area contributed by atoms with Crippen molar-refractivity contribution in [3.63, 3.8) is 0 Å². The summed E-state index contributed by atoms with van der Waals surface area (Å²) in [5.41, 5.74) is 0. The summed E-state index contributed by atoms with van der Waals surface area (Å²) in [6.07, 6.45) is 4.78. The molecule has 4 heteroatoms. The molecule has 2 nitrogen and oxygen atoms in total. The minimum Gasteiger partial charge on any atom is -0.461 e. The van der Waals surface area contributed by atoms with Crippen molar-refractivity contribution in [1.82, 2.24) is 0 Å². The standard InChI is InChI=1S/C11H7BrO2S/c12-8-6-9(15-7-8)3-4-10(13)11-2-1-5-14-11/h1-7H/b4-3-. The zero-order chi connectivity index (χ0) is 10.7. The summed E-state index contributed by atoms with van der Waals surface area (Å²) in [6.45, 7) is 0. The molecule has 0 bridgehead atoms. The second kappa shape index (κ2) is 4.59. The minimum atomic E-state index is -0.121. The number of furan rings is 1. The Morgan fingerprint density at radius 3 is 3.00 bits per heavy atom. The average molecular weight is 283 g/mol. The fraction of sp³-hybridized carbons (Fsp3) is 0. The molecule has 0 aliphatic rings. The Bertz CT molecular complexity index is 482.